The van der Waals surface area contributed by atoms with Crippen molar-refractivity contribution in [3.05, 3.63) is 0 Å². The maximum atomic E-state index is 8.34. The van der Waals surface area contributed by atoms with Crippen LogP contribution in [0.2, 0.25) is 0 Å². The van der Waals surface area contributed by atoms with E-state index in [4.69, 9.17) is 5.26 Å². The van der Waals surface area contributed by atoms with E-state index in [0.717, 1.165) is 19.5 Å². The number of hydrogen-bond acceptors (Lipinski definition) is 2. The predicted octanol–water partition coefficient (Wildman–Crippen LogP) is 0.900. The first-order valence-corrected chi connectivity index (χ1v) is 3.51. The lowest BCUT2D eigenvalue weighted by Gasteiger charge is -2.19. The summed E-state index contributed by atoms with van der Waals surface area (Å²) >= 11 is 0. The Morgan fingerprint density at radius 3 is 3.11 bits per heavy atom. The highest BCUT2D eigenvalue weighted by Gasteiger charge is 2.10. The fraction of sp³-hybridized carbons (Fsp3) is 0.857. The topological polar surface area (TPSA) is 35.8 Å². The molecule has 0 saturated carbocycles. The molecule has 1 atom stereocenters. The summed E-state index contributed by atoms with van der Waals surface area (Å²) in [6.07, 6.45) is 3.21. The highest BCUT2D eigenvalue weighted by atomic mass is 14.9. The van der Waals surface area contributed by atoms with Crippen molar-refractivity contribution in [3.63, 3.8) is 0 Å². The van der Waals surface area contributed by atoms with Gasteiger partial charge in [0.05, 0.1) is 6.07 Å². The summed E-state index contributed by atoms with van der Waals surface area (Å²) in [5.74, 6) is 0.628. The molecule has 1 unspecified atom stereocenters. The Labute approximate surface area is 55.9 Å². The summed E-state index contributed by atoms with van der Waals surface area (Å²) in [7, 11) is 0. The highest BCUT2D eigenvalue weighted by Crippen LogP contribution is 2.12. The molecule has 1 aliphatic rings. The molecular formula is C7H12N2. The number of piperidine rings is 1. The van der Waals surface area contributed by atoms with E-state index >= 15 is 0 Å². The second-order valence-corrected chi connectivity index (χ2v) is 2.57. The van der Waals surface area contributed by atoms with E-state index in [0.29, 0.717) is 5.92 Å². The van der Waals surface area contributed by atoms with Crippen LogP contribution in [0.15, 0.2) is 0 Å². The molecule has 0 amide bonds. The van der Waals surface area contributed by atoms with E-state index in [1.54, 1.807) is 0 Å². The van der Waals surface area contributed by atoms with Crippen LogP contribution in [0.3, 0.4) is 0 Å². The third-order valence-corrected chi connectivity index (χ3v) is 1.78. The number of hydrogen-bond donors (Lipinski definition) is 1. The average Bonchev–Trinajstić information content (AvgIpc) is 1.91. The van der Waals surface area contributed by atoms with Gasteiger partial charge in [-0.25, -0.2) is 0 Å². The van der Waals surface area contributed by atoms with Crippen LogP contribution in [0.5, 0.6) is 0 Å². The molecule has 0 aromatic heterocycles. The highest BCUT2D eigenvalue weighted by molar-refractivity contribution is 4.79. The first-order chi connectivity index (χ1) is 4.43. The fourth-order valence-corrected chi connectivity index (χ4v) is 1.23. The zero-order valence-electron chi connectivity index (χ0n) is 5.56. The monoisotopic (exact) mass is 124 g/mol. The van der Waals surface area contributed by atoms with Crippen molar-refractivity contribution in [2.75, 3.05) is 13.1 Å². The fourth-order valence-electron chi connectivity index (χ4n) is 1.23. The van der Waals surface area contributed by atoms with Crippen molar-refractivity contribution >= 4 is 0 Å². The van der Waals surface area contributed by atoms with Crippen molar-refractivity contribution in [1.29, 1.82) is 5.26 Å². The van der Waals surface area contributed by atoms with Gasteiger partial charge in [-0.15, -0.1) is 0 Å². The predicted molar refractivity (Wildman–Crippen MR) is 35.8 cm³/mol. The first-order valence-electron chi connectivity index (χ1n) is 3.51. The van der Waals surface area contributed by atoms with Crippen LogP contribution in [0.1, 0.15) is 19.3 Å². The van der Waals surface area contributed by atoms with E-state index in [1.807, 2.05) is 0 Å². The van der Waals surface area contributed by atoms with Crippen LogP contribution in [0, 0.1) is 17.2 Å². The molecule has 0 aliphatic carbocycles. The third-order valence-electron chi connectivity index (χ3n) is 1.78. The molecule has 1 fully saturated rings. The Bertz CT molecular complexity index is 109. The lowest BCUT2D eigenvalue weighted by Crippen LogP contribution is -2.29. The Hall–Kier alpha value is -0.550. The van der Waals surface area contributed by atoms with E-state index in [9.17, 15) is 0 Å². The molecule has 9 heavy (non-hydrogen) atoms. The van der Waals surface area contributed by atoms with Crippen molar-refractivity contribution < 1.29 is 0 Å². The van der Waals surface area contributed by atoms with Crippen molar-refractivity contribution in [2.24, 2.45) is 5.92 Å². The van der Waals surface area contributed by atoms with Gasteiger partial charge in [0.1, 0.15) is 0 Å². The van der Waals surface area contributed by atoms with Gasteiger partial charge in [0.15, 0.2) is 0 Å². The van der Waals surface area contributed by atoms with Gasteiger partial charge in [0.25, 0.3) is 0 Å². The van der Waals surface area contributed by atoms with Gasteiger partial charge in [-0.2, -0.15) is 5.26 Å². The number of rotatable bonds is 1. The Balaban J connectivity index is 2.17. The Morgan fingerprint density at radius 1 is 1.67 bits per heavy atom. The normalized spacial score (nSPS) is 27.2. The minimum atomic E-state index is 0.628. The van der Waals surface area contributed by atoms with E-state index < -0.39 is 0 Å². The quantitative estimate of drug-likeness (QED) is 0.563. The van der Waals surface area contributed by atoms with Crippen LogP contribution in [-0.4, -0.2) is 13.1 Å². The maximum Gasteiger partial charge on any atom is 0.0625 e. The molecule has 1 heterocycles. The van der Waals surface area contributed by atoms with Crippen LogP contribution in [-0.2, 0) is 0 Å². The van der Waals surface area contributed by atoms with E-state index in [2.05, 4.69) is 11.4 Å². The molecule has 2 nitrogen and oxygen atoms in total. The molecule has 0 aromatic rings. The molecular weight excluding hydrogens is 112 g/mol. The lowest BCUT2D eigenvalue weighted by molar-refractivity contribution is 0.383. The maximum absolute atomic E-state index is 8.34. The minimum absolute atomic E-state index is 0.628. The summed E-state index contributed by atoms with van der Waals surface area (Å²) in [6.45, 7) is 2.19. The van der Waals surface area contributed by atoms with Crippen molar-refractivity contribution in [3.8, 4) is 6.07 Å². The van der Waals surface area contributed by atoms with Gasteiger partial charge in [-0.1, -0.05) is 0 Å². The summed E-state index contributed by atoms with van der Waals surface area (Å²) in [6, 6.07) is 2.20. The number of nitrogens with zero attached hydrogens (tertiary/aromatic N) is 1. The van der Waals surface area contributed by atoms with Gasteiger partial charge < -0.3 is 5.32 Å². The summed E-state index contributed by atoms with van der Waals surface area (Å²) < 4.78 is 0. The second kappa shape index (κ2) is 3.47. The van der Waals surface area contributed by atoms with Crippen LogP contribution in [0.4, 0.5) is 0 Å². The van der Waals surface area contributed by atoms with Gasteiger partial charge in [-0.3, -0.25) is 0 Å². The van der Waals surface area contributed by atoms with Gasteiger partial charge in [0.2, 0.25) is 0 Å². The number of nitrogens with one attached hydrogen (secondary N) is 1. The first kappa shape index (κ1) is 6.57. The van der Waals surface area contributed by atoms with Crippen molar-refractivity contribution in [1.82, 2.24) is 5.32 Å². The van der Waals surface area contributed by atoms with Gasteiger partial charge in [0, 0.05) is 6.42 Å². The summed E-state index contributed by atoms with van der Waals surface area (Å²) in [5, 5.41) is 11.6. The molecule has 2 heteroatoms. The van der Waals surface area contributed by atoms with E-state index in [1.165, 1.54) is 12.8 Å². The molecule has 1 N–H and O–H groups in total. The van der Waals surface area contributed by atoms with Crippen LogP contribution >= 0.6 is 0 Å². The summed E-state index contributed by atoms with van der Waals surface area (Å²) in [4.78, 5) is 0. The van der Waals surface area contributed by atoms with Gasteiger partial charge >= 0.3 is 0 Å². The molecule has 0 spiro atoms. The van der Waals surface area contributed by atoms with Crippen LogP contribution < -0.4 is 5.32 Å². The second-order valence-electron chi connectivity index (χ2n) is 2.57. The Morgan fingerprint density at radius 2 is 2.56 bits per heavy atom. The standard InChI is InChI=1S/C7H12N2/c8-4-3-7-2-1-5-9-6-7/h7,9H,1-3,5-6H2. The molecule has 50 valence electrons. The lowest BCUT2D eigenvalue weighted by atomic mass is 9.97. The SMILES string of the molecule is N#CCC1CCCNC1. The smallest absolute Gasteiger partial charge is 0.0625 e. The zero-order chi connectivity index (χ0) is 6.53. The third kappa shape index (κ3) is 2.03. The molecule has 1 aliphatic heterocycles. The van der Waals surface area contributed by atoms with Crippen LogP contribution in [0.25, 0.3) is 0 Å². The largest absolute Gasteiger partial charge is 0.316 e. The Kier molecular flexibility index (Phi) is 2.53. The zero-order valence-corrected chi connectivity index (χ0v) is 5.56. The number of nitriles is 1. The van der Waals surface area contributed by atoms with Crippen molar-refractivity contribution in [2.45, 2.75) is 19.3 Å². The molecule has 1 saturated heterocycles. The average molecular weight is 124 g/mol. The summed E-state index contributed by atoms with van der Waals surface area (Å²) in [5.41, 5.74) is 0. The molecule has 0 radical (unpaired) electrons. The van der Waals surface area contributed by atoms with Gasteiger partial charge in [-0.05, 0) is 31.8 Å². The minimum Gasteiger partial charge on any atom is -0.316 e. The molecule has 0 bridgehead atoms. The molecule has 1 rings (SSSR count). The van der Waals surface area contributed by atoms with E-state index in [-0.39, 0.29) is 0 Å². The molecule has 0 aromatic carbocycles.